The van der Waals surface area contributed by atoms with Crippen LogP contribution >= 0.6 is 0 Å². The molecule has 0 aromatic heterocycles. The number of para-hydroxylation sites is 1. The number of nitrogens with zero attached hydrogens (tertiary/aromatic N) is 2. The summed E-state index contributed by atoms with van der Waals surface area (Å²) < 4.78 is 6.13. The minimum Gasteiger partial charge on any atom is -0.490 e. The summed E-state index contributed by atoms with van der Waals surface area (Å²) in [7, 11) is 4.09. The van der Waals surface area contributed by atoms with Gasteiger partial charge in [-0.1, -0.05) is 31.2 Å². The third-order valence-corrected chi connectivity index (χ3v) is 3.40. The molecule has 1 aromatic rings. The van der Waals surface area contributed by atoms with E-state index >= 15 is 0 Å². The van der Waals surface area contributed by atoms with Crippen molar-refractivity contribution in [2.24, 2.45) is 10.9 Å². The molecule has 3 nitrogen and oxygen atoms in total. The van der Waals surface area contributed by atoms with Crippen molar-refractivity contribution < 1.29 is 4.74 Å². The average Bonchev–Trinajstić information content (AvgIpc) is 2.48. The standard InChI is InChI=1S/C18H28N2O/c1-5-10-18(21-17-11-8-7-9-12-17)16(6-2)15-19-13-14-20(3)4/h5,7-9,11-13,16,18H,1,6,10,14-15H2,2-4H3/b19-13+/t16-,18-/m1/s1. The third kappa shape index (κ3) is 7.09. The van der Waals surface area contributed by atoms with Gasteiger partial charge in [0.1, 0.15) is 11.9 Å². The molecule has 0 fully saturated rings. The van der Waals surface area contributed by atoms with E-state index in [0.29, 0.717) is 5.92 Å². The van der Waals surface area contributed by atoms with Crippen molar-refractivity contribution in [2.45, 2.75) is 25.9 Å². The summed E-state index contributed by atoms with van der Waals surface area (Å²) in [5.41, 5.74) is 0. The van der Waals surface area contributed by atoms with E-state index in [1.54, 1.807) is 0 Å². The van der Waals surface area contributed by atoms with E-state index < -0.39 is 0 Å². The van der Waals surface area contributed by atoms with E-state index in [4.69, 9.17) is 4.74 Å². The molecule has 0 saturated heterocycles. The molecule has 116 valence electrons. The van der Waals surface area contributed by atoms with Crippen LogP contribution < -0.4 is 4.74 Å². The second-order valence-electron chi connectivity index (χ2n) is 5.47. The maximum Gasteiger partial charge on any atom is 0.119 e. The topological polar surface area (TPSA) is 24.8 Å². The minimum atomic E-state index is 0.131. The van der Waals surface area contributed by atoms with Crippen LogP contribution in [0.2, 0.25) is 0 Å². The first-order valence-corrected chi connectivity index (χ1v) is 7.63. The molecule has 0 aliphatic rings. The Bertz CT molecular complexity index is 414. The van der Waals surface area contributed by atoms with Crippen molar-refractivity contribution in [3.05, 3.63) is 43.0 Å². The van der Waals surface area contributed by atoms with E-state index in [0.717, 1.165) is 31.7 Å². The molecule has 2 atom stereocenters. The SMILES string of the molecule is C=CC[C@@H](Oc1ccccc1)[C@H](CC)C/N=C/CN(C)C. The average molecular weight is 288 g/mol. The van der Waals surface area contributed by atoms with Crippen LogP contribution in [0.15, 0.2) is 48.0 Å². The molecule has 0 unspecified atom stereocenters. The molecule has 0 bridgehead atoms. The van der Waals surface area contributed by atoms with E-state index in [2.05, 4.69) is 23.4 Å². The van der Waals surface area contributed by atoms with Gasteiger partial charge in [-0.15, -0.1) is 6.58 Å². The number of aliphatic imine (C=N–C) groups is 1. The Hall–Kier alpha value is -1.61. The Morgan fingerprint density at radius 3 is 2.57 bits per heavy atom. The van der Waals surface area contributed by atoms with Crippen molar-refractivity contribution in [3.8, 4) is 5.75 Å². The van der Waals surface area contributed by atoms with Crippen molar-refractivity contribution in [1.82, 2.24) is 4.90 Å². The molecule has 0 aliphatic carbocycles. The second kappa shape index (κ2) is 10.2. The Morgan fingerprint density at radius 2 is 2.00 bits per heavy atom. The van der Waals surface area contributed by atoms with Gasteiger partial charge >= 0.3 is 0 Å². The van der Waals surface area contributed by atoms with Gasteiger partial charge in [0.2, 0.25) is 0 Å². The van der Waals surface area contributed by atoms with Gasteiger partial charge < -0.3 is 9.64 Å². The van der Waals surface area contributed by atoms with Crippen LogP contribution in [0.5, 0.6) is 5.75 Å². The Morgan fingerprint density at radius 1 is 1.29 bits per heavy atom. The molecule has 3 heteroatoms. The van der Waals surface area contributed by atoms with Crippen LogP contribution in [0.4, 0.5) is 0 Å². The maximum absolute atomic E-state index is 6.13. The van der Waals surface area contributed by atoms with Crippen LogP contribution in [0, 0.1) is 5.92 Å². The van der Waals surface area contributed by atoms with Crippen molar-refractivity contribution in [1.29, 1.82) is 0 Å². The molecule has 1 rings (SSSR count). The normalized spacial score (nSPS) is 14.3. The number of rotatable bonds is 10. The molecule has 0 radical (unpaired) electrons. The first-order valence-electron chi connectivity index (χ1n) is 7.63. The van der Waals surface area contributed by atoms with Gasteiger partial charge in [0.15, 0.2) is 0 Å². The summed E-state index contributed by atoms with van der Waals surface area (Å²) in [5.74, 6) is 1.32. The zero-order valence-corrected chi connectivity index (χ0v) is 13.5. The second-order valence-corrected chi connectivity index (χ2v) is 5.47. The largest absolute Gasteiger partial charge is 0.490 e. The van der Waals surface area contributed by atoms with Crippen LogP contribution in [-0.2, 0) is 0 Å². The van der Waals surface area contributed by atoms with Crippen LogP contribution in [-0.4, -0.2) is 44.4 Å². The zero-order chi connectivity index (χ0) is 15.5. The van der Waals surface area contributed by atoms with E-state index in [1.165, 1.54) is 0 Å². The molecule has 0 amide bonds. The molecule has 0 N–H and O–H groups in total. The van der Waals surface area contributed by atoms with Crippen molar-refractivity contribution >= 4 is 6.21 Å². The van der Waals surface area contributed by atoms with Crippen LogP contribution in [0.25, 0.3) is 0 Å². The summed E-state index contributed by atoms with van der Waals surface area (Å²) in [5, 5.41) is 0. The van der Waals surface area contributed by atoms with Gasteiger partial charge in [-0.25, -0.2) is 0 Å². The smallest absolute Gasteiger partial charge is 0.119 e. The summed E-state index contributed by atoms with van der Waals surface area (Å²) in [6.45, 7) is 7.72. The fourth-order valence-electron chi connectivity index (χ4n) is 2.12. The van der Waals surface area contributed by atoms with E-state index in [1.807, 2.05) is 56.7 Å². The van der Waals surface area contributed by atoms with Crippen molar-refractivity contribution in [3.63, 3.8) is 0 Å². The molecular weight excluding hydrogens is 260 g/mol. The predicted octanol–water partition coefficient (Wildman–Crippen LogP) is 3.67. The van der Waals surface area contributed by atoms with E-state index in [9.17, 15) is 0 Å². The quantitative estimate of drug-likeness (QED) is 0.485. The molecule has 0 spiro atoms. The van der Waals surface area contributed by atoms with Crippen LogP contribution in [0.3, 0.4) is 0 Å². The summed E-state index contributed by atoms with van der Waals surface area (Å²) >= 11 is 0. The number of hydrogen-bond donors (Lipinski definition) is 0. The highest BCUT2D eigenvalue weighted by molar-refractivity contribution is 5.59. The number of hydrogen-bond acceptors (Lipinski definition) is 3. The number of benzene rings is 1. The summed E-state index contributed by atoms with van der Waals surface area (Å²) in [6.07, 6.45) is 5.93. The Labute approximate surface area is 129 Å². The lowest BCUT2D eigenvalue weighted by atomic mass is 9.96. The molecule has 0 saturated carbocycles. The molecule has 1 aromatic carbocycles. The number of ether oxygens (including phenoxy) is 1. The fourth-order valence-corrected chi connectivity index (χ4v) is 2.12. The van der Waals surface area contributed by atoms with Gasteiger partial charge in [-0.2, -0.15) is 0 Å². The van der Waals surface area contributed by atoms with Gasteiger partial charge in [0.25, 0.3) is 0 Å². The Balaban J connectivity index is 2.62. The first kappa shape index (κ1) is 17.4. The molecule has 0 heterocycles. The minimum absolute atomic E-state index is 0.131. The van der Waals surface area contributed by atoms with Gasteiger partial charge in [0.05, 0.1) is 0 Å². The molecule has 0 aliphatic heterocycles. The zero-order valence-electron chi connectivity index (χ0n) is 13.5. The van der Waals surface area contributed by atoms with Gasteiger partial charge in [-0.05, 0) is 32.6 Å². The lowest BCUT2D eigenvalue weighted by Gasteiger charge is -2.25. The predicted molar refractivity (Wildman–Crippen MR) is 91.4 cm³/mol. The van der Waals surface area contributed by atoms with Gasteiger partial charge in [-0.3, -0.25) is 4.99 Å². The summed E-state index contributed by atoms with van der Waals surface area (Å²) in [6, 6.07) is 9.99. The first-order chi connectivity index (χ1) is 10.2. The fraction of sp³-hybridized carbons (Fsp3) is 0.500. The van der Waals surface area contributed by atoms with Crippen LogP contribution in [0.1, 0.15) is 19.8 Å². The van der Waals surface area contributed by atoms with E-state index in [-0.39, 0.29) is 6.10 Å². The highest BCUT2D eigenvalue weighted by Crippen LogP contribution is 2.21. The highest BCUT2D eigenvalue weighted by atomic mass is 16.5. The highest BCUT2D eigenvalue weighted by Gasteiger charge is 2.20. The molecule has 21 heavy (non-hydrogen) atoms. The third-order valence-electron chi connectivity index (χ3n) is 3.40. The van der Waals surface area contributed by atoms with Gasteiger partial charge in [0, 0.05) is 31.6 Å². The Kier molecular flexibility index (Phi) is 8.44. The monoisotopic (exact) mass is 288 g/mol. The summed E-state index contributed by atoms with van der Waals surface area (Å²) in [4.78, 5) is 6.65. The van der Waals surface area contributed by atoms with Crippen molar-refractivity contribution in [2.75, 3.05) is 27.2 Å². The lowest BCUT2D eigenvalue weighted by Crippen LogP contribution is -2.28. The maximum atomic E-state index is 6.13. The molecular formula is C18H28N2O. The lowest BCUT2D eigenvalue weighted by molar-refractivity contribution is 0.137.